The van der Waals surface area contributed by atoms with Crippen molar-refractivity contribution in [2.24, 2.45) is 0 Å². The van der Waals surface area contributed by atoms with Crippen molar-refractivity contribution in [1.29, 1.82) is 0 Å². The molecule has 9 heteroatoms. The van der Waals surface area contributed by atoms with Crippen molar-refractivity contribution in [3.63, 3.8) is 0 Å². The third kappa shape index (κ3) is 4.91. The Bertz CT molecular complexity index is 1690. The van der Waals surface area contributed by atoms with Gasteiger partial charge in [-0.1, -0.05) is 36.8 Å². The van der Waals surface area contributed by atoms with Crippen molar-refractivity contribution < 1.29 is 28.9 Å². The summed E-state index contributed by atoms with van der Waals surface area (Å²) < 4.78 is 17.9. The molecule has 3 heterocycles. The second kappa shape index (κ2) is 10.9. The molecule has 0 saturated carbocycles. The first-order chi connectivity index (χ1) is 19.9. The van der Waals surface area contributed by atoms with Crippen LogP contribution in [-0.4, -0.2) is 41.6 Å². The maximum Gasteiger partial charge on any atom is 0.301 e. The zero-order chi connectivity index (χ0) is 28.7. The van der Waals surface area contributed by atoms with Crippen LogP contribution in [0.4, 0.5) is 5.13 Å². The summed E-state index contributed by atoms with van der Waals surface area (Å²) in [5.74, 6) is 0.285. The molecule has 3 aromatic carbocycles. The maximum absolute atomic E-state index is 13.7. The van der Waals surface area contributed by atoms with Gasteiger partial charge in [-0.05, 0) is 73.0 Å². The van der Waals surface area contributed by atoms with Gasteiger partial charge in [-0.25, -0.2) is 4.98 Å². The fourth-order valence-electron chi connectivity index (χ4n) is 5.30. The molecule has 8 nitrogen and oxygen atoms in total. The lowest BCUT2D eigenvalue weighted by molar-refractivity contribution is -0.132. The van der Waals surface area contributed by atoms with E-state index in [2.05, 4.69) is 6.92 Å². The maximum atomic E-state index is 13.7. The van der Waals surface area contributed by atoms with Crippen molar-refractivity contribution in [2.45, 2.75) is 45.3 Å². The number of anilines is 1. The summed E-state index contributed by atoms with van der Waals surface area (Å²) in [5.41, 5.74) is 2.71. The Morgan fingerprint density at radius 1 is 1.12 bits per heavy atom. The van der Waals surface area contributed by atoms with Gasteiger partial charge in [0.05, 0.1) is 35.5 Å². The smallest absolute Gasteiger partial charge is 0.301 e. The number of ether oxygens (including phenoxy) is 3. The van der Waals surface area contributed by atoms with Crippen molar-refractivity contribution >= 4 is 44.1 Å². The van der Waals surface area contributed by atoms with E-state index in [1.807, 2.05) is 49.4 Å². The number of thiazole rings is 1. The van der Waals surface area contributed by atoms with Crippen LogP contribution in [0.2, 0.25) is 0 Å². The SMILES string of the molecule is CCCCOc1cccc([C@@H]2C(=C(O)c3ccc4c(c3)C[C@H](C)O4)C(=O)C(=O)N2c2nc3ccc(OC)cc3s2)c1. The first-order valence-electron chi connectivity index (χ1n) is 13.7. The first-order valence-corrected chi connectivity index (χ1v) is 14.5. The number of aromatic nitrogens is 1. The molecule has 1 fully saturated rings. The fourth-order valence-corrected chi connectivity index (χ4v) is 6.32. The number of carbonyl (C=O) groups excluding carboxylic acids is 2. The predicted molar refractivity (Wildman–Crippen MR) is 158 cm³/mol. The molecule has 2 aliphatic heterocycles. The third-order valence-electron chi connectivity index (χ3n) is 7.34. The number of methoxy groups -OCH3 is 1. The van der Waals surface area contributed by atoms with Crippen molar-refractivity contribution in [3.8, 4) is 17.2 Å². The number of Topliss-reactive ketones (excluding diaryl/α,β-unsaturated/α-hetero) is 1. The minimum Gasteiger partial charge on any atom is -0.507 e. The summed E-state index contributed by atoms with van der Waals surface area (Å²) in [4.78, 5) is 33.4. The van der Waals surface area contributed by atoms with Gasteiger partial charge < -0.3 is 19.3 Å². The van der Waals surface area contributed by atoms with E-state index < -0.39 is 17.7 Å². The molecule has 0 radical (unpaired) electrons. The second-order valence-electron chi connectivity index (χ2n) is 10.2. The molecule has 41 heavy (non-hydrogen) atoms. The molecule has 2 aliphatic rings. The number of nitrogens with zero attached hydrogens (tertiary/aromatic N) is 2. The molecule has 1 N–H and O–H groups in total. The van der Waals surface area contributed by atoms with Gasteiger partial charge in [-0.15, -0.1) is 0 Å². The summed E-state index contributed by atoms with van der Waals surface area (Å²) in [6.45, 7) is 4.62. The van der Waals surface area contributed by atoms with Gasteiger partial charge in [0.1, 0.15) is 29.1 Å². The number of hydrogen-bond donors (Lipinski definition) is 1. The van der Waals surface area contributed by atoms with Crippen LogP contribution in [-0.2, 0) is 16.0 Å². The molecule has 2 atom stereocenters. The number of hydrogen-bond acceptors (Lipinski definition) is 8. The van der Waals surface area contributed by atoms with E-state index in [-0.39, 0.29) is 17.4 Å². The number of unbranched alkanes of at least 4 members (excludes halogenated alkanes) is 1. The third-order valence-corrected chi connectivity index (χ3v) is 8.36. The van der Waals surface area contributed by atoms with Crippen LogP contribution >= 0.6 is 11.3 Å². The molecule has 210 valence electrons. The molecular weight excluding hydrogens is 540 g/mol. The normalized spacial score (nSPS) is 19.4. The van der Waals surface area contributed by atoms with Gasteiger partial charge in [0.2, 0.25) is 0 Å². The van der Waals surface area contributed by atoms with Crippen LogP contribution in [0, 0.1) is 0 Å². The highest BCUT2D eigenvalue weighted by molar-refractivity contribution is 7.22. The van der Waals surface area contributed by atoms with Crippen LogP contribution in [0.3, 0.4) is 0 Å². The van der Waals surface area contributed by atoms with E-state index in [9.17, 15) is 14.7 Å². The lowest BCUT2D eigenvalue weighted by atomic mass is 9.94. The number of amides is 1. The summed E-state index contributed by atoms with van der Waals surface area (Å²) in [5, 5.41) is 12.0. The van der Waals surface area contributed by atoms with Crippen molar-refractivity contribution in [1.82, 2.24) is 4.98 Å². The standard InChI is InChI=1S/C32H30N2O6S/c1-4-5-13-39-23-8-6-7-19(16-23)28-27(29(35)20-9-12-25-21(15-20)14-18(2)40-25)30(36)31(37)34(28)32-33-24-11-10-22(38-3)17-26(24)41-32/h6-12,15-18,28,35H,4-5,13-14H2,1-3H3/t18-,28+/m0/s1. The topological polar surface area (TPSA) is 98.2 Å². The largest absolute Gasteiger partial charge is 0.507 e. The van der Waals surface area contributed by atoms with E-state index in [1.165, 1.54) is 16.2 Å². The molecule has 1 saturated heterocycles. The lowest BCUT2D eigenvalue weighted by Gasteiger charge is -2.23. The molecular formula is C32H30N2O6S. The number of benzene rings is 3. The molecule has 0 aliphatic carbocycles. The fraction of sp³-hybridized carbons (Fsp3) is 0.281. The summed E-state index contributed by atoms with van der Waals surface area (Å²) >= 11 is 1.29. The van der Waals surface area contributed by atoms with Crippen molar-refractivity contribution in [2.75, 3.05) is 18.6 Å². The minimum atomic E-state index is -0.907. The van der Waals surface area contributed by atoms with Gasteiger partial charge in [-0.2, -0.15) is 0 Å². The number of carbonyl (C=O) groups is 2. The molecule has 6 rings (SSSR count). The lowest BCUT2D eigenvalue weighted by Crippen LogP contribution is -2.29. The van der Waals surface area contributed by atoms with Gasteiger partial charge in [0.25, 0.3) is 5.78 Å². The Labute approximate surface area is 241 Å². The Morgan fingerprint density at radius 3 is 2.78 bits per heavy atom. The van der Waals surface area contributed by atoms with Crippen LogP contribution in [0.15, 0.2) is 66.2 Å². The molecule has 0 unspecified atom stereocenters. The average Bonchev–Trinajstić information content (AvgIpc) is 3.64. The van der Waals surface area contributed by atoms with Crippen molar-refractivity contribution in [3.05, 3.63) is 82.9 Å². The second-order valence-corrected chi connectivity index (χ2v) is 11.2. The molecule has 4 aromatic rings. The van der Waals surface area contributed by atoms with Gasteiger partial charge in [-0.3, -0.25) is 14.5 Å². The average molecular weight is 571 g/mol. The summed E-state index contributed by atoms with van der Waals surface area (Å²) in [6, 6.07) is 17.2. The molecule has 1 amide bonds. The van der Waals surface area contributed by atoms with E-state index in [4.69, 9.17) is 19.2 Å². The Hall–Kier alpha value is -4.37. The summed E-state index contributed by atoms with van der Waals surface area (Å²) in [6.07, 6.45) is 2.62. The zero-order valence-corrected chi connectivity index (χ0v) is 23.9. The van der Waals surface area contributed by atoms with Gasteiger partial charge in [0, 0.05) is 12.0 Å². The van der Waals surface area contributed by atoms with E-state index >= 15 is 0 Å². The Balaban J connectivity index is 1.49. The Morgan fingerprint density at radius 2 is 1.98 bits per heavy atom. The highest BCUT2D eigenvalue weighted by Crippen LogP contribution is 2.45. The van der Waals surface area contributed by atoms with Crippen LogP contribution < -0.4 is 19.1 Å². The van der Waals surface area contributed by atoms with Gasteiger partial charge in [0.15, 0.2) is 5.13 Å². The number of aliphatic hydroxyl groups is 1. The van der Waals surface area contributed by atoms with Crippen LogP contribution in [0.1, 0.15) is 49.4 Å². The number of rotatable bonds is 8. The summed E-state index contributed by atoms with van der Waals surface area (Å²) in [7, 11) is 1.59. The van der Waals surface area contributed by atoms with Crippen LogP contribution in [0.25, 0.3) is 16.0 Å². The zero-order valence-electron chi connectivity index (χ0n) is 23.0. The first kappa shape index (κ1) is 26.8. The molecule has 1 aromatic heterocycles. The quantitative estimate of drug-likeness (QED) is 0.113. The number of ketones is 1. The predicted octanol–water partition coefficient (Wildman–Crippen LogP) is 6.43. The molecule has 0 bridgehead atoms. The highest BCUT2D eigenvalue weighted by Gasteiger charge is 2.48. The number of aliphatic hydroxyl groups excluding tert-OH is 1. The molecule has 0 spiro atoms. The van der Waals surface area contributed by atoms with Gasteiger partial charge >= 0.3 is 5.91 Å². The van der Waals surface area contributed by atoms with Crippen LogP contribution in [0.5, 0.6) is 17.2 Å². The highest BCUT2D eigenvalue weighted by atomic mass is 32.1. The van der Waals surface area contributed by atoms with E-state index in [1.54, 1.807) is 25.3 Å². The minimum absolute atomic E-state index is 0.00413. The van der Waals surface area contributed by atoms with E-state index in [0.717, 1.165) is 28.9 Å². The van der Waals surface area contributed by atoms with E-state index in [0.29, 0.717) is 46.3 Å². The Kier molecular flexibility index (Phi) is 7.13. The number of fused-ring (bicyclic) bond motifs is 2. The monoisotopic (exact) mass is 570 g/mol.